The molecular formula is C24H16BrN3O2. The molecule has 0 fully saturated rings. The van der Waals surface area contributed by atoms with E-state index in [1.54, 1.807) is 22.8 Å². The van der Waals surface area contributed by atoms with Gasteiger partial charge in [-0.2, -0.15) is 0 Å². The number of nitrogens with zero attached hydrogens (tertiary/aromatic N) is 2. The van der Waals surface area contributed by atoms with E-state index in [1.165, 1.54) is 0 Å². The number of para-hydroxylation sites is 2. The Labute approximate surface area is 180 Å². The molecule has 146 valence electrons. The molecule has 4 aromatic rings. The molecule has 1 N–H and O–H groups in total. The van der Waals surface area contributed by atoms with Gasteiger partial charge in [0, 0.05) is 15.7 Å². The van der Waals surface area contributed by atoms with Crippen molar-refractivity contribution in [2.45, 2.75) is 6.92 Å². The van der Waals surface area contributed by atoms with Crippen molar-refractivity contribution in [2.75, 3.05) is 5.32 Å². The molecule has 2 heterocycles. The first-order valence-corrected chi connectivity index (χ1v) is 10.2. The quantitative estimate of drug-likeness (QED) is 0.433. The summed E-state index contributed by atoms with van der Waals surface area (Å²) in [6, 6.07) is 20.5. The van der Waals surface area contributed by atoms with Crippen molar-refractivity contribution in [1.29, 1.82) is 0 Å². The number of anilines is 1. The van der Waals surface area contributed by atoms with E-state index in [1.807, 2.05) is 61.5 Å². The summed E-state index contributed by atoms with van der Waals surface area (Å²) in [4.78, 5) is 30.9. The van der Waals surface area contributed by atoms with Gasteiger partial charge in [-0.05, 0) is 48.9 Å². The van der Waals surface area contributed by atoms with Gasteiger partial charge in [0.2, 0.25) is 0 Å². The van der Waals surface area contributed by atoms with Crippen molar-refractivity contribution in [3.63, 3.8) is 0 Å². The van der Waals surface area contributed by atoms with Gasteiger partial charge in [0.05, 0.1) is 22.2 Å². The van der Waals surface area contributed by atoms with Crippen LogP contribution in [0, 0.1) is 6.92 Å². The highest BCUT2D eigenvalue weighted by Gasteiger charge is 2.25. The Morgan fingerprint density at radius 3 is 2.60 bits per heavy atom. The van der Waals surface area contributed by atoms with Crippen LogP contribution in [0.2, 0.25) is 0 Å². The first-order chi connectivity index (χ1) is 14.5. The Bertz CT molecular complexity index is 1440. The van der Waals surface area contributed by atoms with Crippen LogP contribution in [0.25, 0.3) is 28.2 Å². The molecule has 1 aliphatic heterocycles. The number of carbonyl (C=O) groups excluding carboxylic acids is 1. The van der Waals surface area contributed by atoms with Crippen LogP contribution < -0.4 is 10.9 Å². The highest BCUT2D eigenvalue weighted by atomic mass is 79.9. The van der Waals surface area contributed by atoms with Crippen LogP contribution in [-0.2, 0) is 4.79 Å². The van der Waals surface area contributed by atoms with Crippen molar-refractivity contribution in [2.24, 2.45) is 0 Å². The molecule has 6 heteroatoms. The minimum absolute atomic E-state index is 0.186. The summed E-state index contributed by atoms with van der Waals surface area (Å²) >= 11 is 3.44. The zero-order valence-corrected chi connectivity index (χ0v) is 17.6. The third-order valence-electron chi connectivity index (χ3n) is 5.20. The predicted molar refractivity (Wildman–Crippen MR) is 123 cm³/mol. The molecule has 0 saturated heterocycles. The molecule has 3 aromatic carbocycles. The third kappa shape index (κ3) is 2.97. The fourth-order valence-electron chi connectivity index (χ4n) is 3.73. The lowest BCUT2D eigenvalue weighted by atomic mass is 10.1. The second-order valence-electron chi connectivity index (χ2n) is 7.12. The third-order valence-corrected chi connectivity index (χ3v) is 5.69. The summed E-state index contributed by atoms with van der Waals surface area (Å²) in [6.45, 7) is 1.95. The number of carbonyl (C=O) groups is 1. The molecule has 5 rings (SSSR count). The van der Waals surface area contributed by atoms with E-state index in [-0.39, 0.29) is 11.5 Å². The molecule has 1 aromatic heterocycles. The van der Waals surface area contributed by atoms with Crippen LogP contribution in [0.1, 0.15) is 17.0 Å². The molecule has 0 unspecified atom stereocenters. The maximum atomic E-state index is 13.5. The number of rotatable bonds is 2. The Morgan fingerprint density at radius 1 is 1.00 bits per heavy atom. The Kier molecular flexibility index (Phi) is 4.37. The SMILES string of the molecule is Cc1ccccc1-n1c(C=C2C(=O)Nc3ccccc32)nc2ccc(Br)cc2c1=O. The Hall–Kier alpha value is -3.51. The van der Waals surface area contributed by atoms with E-state index in [4.69, 9.17) is 4.98 Å². The molecule has 0 spiro atoms. The Balaban J connectivity index is 1.85. The van der Waals surface area contributed by atoms with Gasteiger partial charge in [0.25, 0.3) is 11.5 Å². The van der Waals surface area contributed by atoms with E-state index < -0.39 is 0 Å². The molecule has 5 nitrogen and oxygen atoms in total. The van der Waals surface area contributed by atoms with Gasteiger partial charge < -0.3 is 5.32 Å². The number of hydrogen-bond donors (Lipinski definition) is 1. The average Bonchev–Trinajstić information content (AvgIpc) is 3.05. The van der Waals surface area contributed by atoms with Crippen molar-refractivity contribution in [3.8, 4) is 5.69 Å². The van der Waals surface area contributed by atoms with Gasteiger partial charge in [0.1, 0.15) is 5.82 Å². The standard InChI is InChI=1S/C24H16BrN3O2/c1-14-6-2-5-9-21(14)28-22(26-20-11-10-15(25)12-18(20)24(28)30)13-17-16-7-3-4-8-19(16)27-23(17)29/h2-13H,1H3,(H,27,29). The minimum atomic E-state index is -0.210. The van der Waals surface area contributed by atoms with E-state index in [0.717, 1.165) is 27.0 Å². The summed E-state index contributed by atoms with van der Waals surface area (Å²) in [7, 11) is 0. The number of fused-ring (bicyclic) bond motifs is 2. The van der Waals surface area contributed by atoms with Crippen LogP contribution in [0.15, 0.2) is 76.0 Å². The highest BCUT2D eigenvalue weighted by molar-refractivity contribution is 9.10. The molecule has 30 heavy (non-hydrogen) atoms. The summed E-state index contributed by atoms with van der Waals surface area (Å²) in [6.07, 6.45) is 1.69. The van der Waals surface area contributed by atoms with Gasteiger partial charge in [-0.1, -0.05) is 52.3 Å². The molecular weight excluding hydrogens is 442 g/mol. The molecule has 0 bridgehead atoms. The average molecular weight is 458 g/mol. The zero-order valence-electron chi connectivity index (χ0n) is 16.0. The molecule has 0 aliphatic carbocycles. The fourth-order valence-corrected chi connectivity index (χ4v) is 4.09. The van der Waals surface area contributed by atoms with E-state index in [0.29, 0.717) is 22.3 Å². The second kappa shape index (κ2) is 7.07. The fraction of sp³-hybridized carbons (Fsp3) is 0.0417. The van der Waals surface area contributed by atoms with Crippen LogP contribution in [0.4, 0.5) is 5.69 Å². The van der Waals surface area contributed by atoms with Gasteiger partial charge >= 0.3 is 0 Å². The first kappa shape index (κ1) is 18.5. The number of halogens is 1. The molecule has 1 amide bonds. The number of amides is 1. The predicted octanol–water partition coefficient (Wildman–Crippen LogP) is 4.95. The molecule has 1 aliphatic rings. The van der Waals surface area contributed by atoms with E-state index in [9.17, 15) is 9.59 Å². The lowest BCUT2D eigenvalue weighted by Gasteiger charge is -2.14. The van der Waals surface area contributed by atoms with Crippen LogP contribution >= 0.6 is 15.9 Å². The molecule has 0 atom stereocenters. The van der Waals surface area contributed by atoms with Gasteiger partial charge in [-0.3, -0.25) is 14.2 Å². The maximum Gasteiger partial charge on any atom is 0.266 e. The smallest absolute Gasteiger partial charge is 0.266 e. The summed E-state index contributed by atoms with van der Waals surface area (Å²) < 4.78 is 2.38. The lowest BCUT2D eigenvalue weighted by molar-refractivity contribution is -0.110. The van der Waals surface area contributed by atoms with Gasteiger partial charge in [-0.25, -0.2) is 4.98 Å². The van der Waals surface area contributed by atoms with Crippen LogP contribution in [0.3, 0.4) is 0 Å². The van der Waals surface area contributed by atoms with Crippen molar-refractivity contribution in [3.05, 3.63) is 98.5 Å². The highest BCUT2D eigenvalue weighted by Crippen LogP contribution is 2.33. The normalized spacial score (nSPS) is 14.2. The number of aryl methyl sites for hydroxylation is 1. The van der Waals surface area contributed by atoms with E-state index in [2.05, 4.69) is 21.2 Å². The topological polar surface area (TPSA) is 64.0 Å². The van der Waals surface area contributed by atoms with Crippen LogP contribution in [0.5, 0.6) is 0 Å². The largest absolute Gasteiger partial charge is 0.321 e. The number of nitrogens with one attached hydrogen (secondary N) is 1. The van der Waals surface area contributed by atoms with Gasteiger partial charge in [0.15, 0.2) is 0 Å². The maximum absolute atomic E-state index is 13.5. The van der Waals surface area contributed by atoms with Crippen LogP contribution in [-0.4, -0.2) is 15.5 Å². The van der Waals surface area contributed by atoms with Gasteiger partial charge in [-0.15, -0.1) is 0 Å². The number of benzene rings is 3. The second-order valence-corrected chi connectivity index (χ2v) is 8.03. The Morgan fingerprint density at radius 2 is 1.77 bits per heavy atom. The minimum Gasteiger partial charge on any atom is -0.321 e. The first-order valence-electron chi connectivity index (χ1n) is 9.44. The van der Waals surface area contributed by atoms with Crippen molar-refractivity contribution >= 4 is 50.1 Å². The number of aromatic nitrogens is 2. The number of hydrogen-bond acceptors (Lipinski definition) is 3. The monoisotopic (exact) mass is 457 g/mol. The molecule has 0 radical (unpaired) electrons. The molecule has 0 saturated carbocycles. The van der Waals surface area contributed by atoms with Crippen molar-refractivity contribution in [1.82, 2.24) is 9.55 Å². The van der Waals surface area contributed by atoms with E-state index >= 15 is 0 Å². The lowest BCUT2D eigenvalue weighted by Crippen LogP contribution is -2.23. The summed E-state index contributed by atoms with van der Waals surface area (Å²) in [5.74, 6) is 0.198. The van der Waals surface area contributed by atoms with Crippen molar-refractivity contribution < 1.29 is 4.79 Å². The summed E-state index contributed by atoms with van der Waals surface area (Å²) in [5, 5.41) is 3.37. The summed E-state index contributed by atoms with van der Waals surface area (Å²) in [5.41, 5.74) is 4.09. The zero-order chi connectivity index (χ0) is 20.8.